The number of nitrogens with zero attached hydrogens (tertiary/aromatic N) is 8. The van der Waals surface area contributed by atoms with Gasteiger partial charge in [-0.2, -0.15) is 0 Å². The van der Waals surface area contributed by atoms with Gasteiger partial charge in [-0.3, -0.25) is 20.2 Å². The molecule has 0 aliphatic heterocycles. The van der Waals surface area contributed by atoms with Crippen LogP contribution in [0.15, 0.2) is 93.3 Å². The Bertz CT molecular complexity index is 1680. The third-order valence-electron chi connectivity index (χ3n) is 7.05. The average molecular weight is 720 g/mol. The van der Waals surface area contributed by atoms with Crippen molar-refractivity contribution in [3.8, 4) is 23.0 Å². The molecule has 0 saturated carbocycles. The number of azo groups is 2. The molecule has 0 unspecified atom stereocenters. The number of benzene rings is 4. The van der Waals surface area contributed by atoms with Crippen molar-refractivity contribution >= 4 is 45.5 Å². The molecule has 0 aromatic heterocycles. The molecule has 0 spiro atoms. The molecular formula is C32H36CoN8O8. The van der Waals surface area contributed by atoms with Gasteiger partial charge in [-0.25, -0.2) is 0 Å². The Morgan fingerprint density at radius 3 is 1.12 bits per heavy atom. The molecule has 4 aromatic rings. The average Bonchev–Trinajstić information content (AvgIpc) is 3.06. The van der Waals surface area contributed by atoms with Crippen LogP contribution in [0.2, 0.25) is 0 Å². The Labute approximate surface area is 292 Å². The maximum atomic E-state index is 10.8. The molecule has 0 aliphatic carbocycles. The van der Waals surface area contributed by atoms with Crippen LogP contribution in [0.3, 0.4) is 0 Å². The van der Waals surface area contributed by atoms with Crippen LogP contribution >= 0.6 is 0 Å². The molecule has 49 heavy (non-hydrogen) atoms. The molecule has 0 atom stereocenters. The van der Waals surface area contributed by atoms with Crippen LogP contribution in [0.1, 0.15) is 27.7 Å². The van der Waals surface area contributed by atoms with Crippen molar-refractivity contribution in [2.45, 2.75) is 27.7 Å². The molecule has 0 fully saturated rings. The van der Waals surface area contributed by atoms with Crippen molar-refractivity contribution in [3.05, 3.63) is 93.0 Å². The summed E-state index contributed by atoms with van der Waals surface area (Å²) in [5.74, 6) is -0.589. The van der Waals surface area contributed by atoms with Gasteiger partial charge in [0.05, 0.1) is 9.85 Å². The van der Waals surface area contributed by atoms with Crippen LogP contribution in [0.25, 0.3) is 0 Å². The third-order valence-corrected chi connectivity index (χ3v) is 7.05. The SMILES string of the molecule is CCN(CC)c1ccc(N=Nc2cc([N+](=O)[O-])ccc2O)c(O)c1.CCN(CC)c1ccc(N=Nc2cc([N+](=O)[O-])ccc2O)c(O)c1.[Co]. The molecule has 0 saturated heterocycles. The monoisotopic (exact) mass is 719 g/mol. The minimum atomic E-state index is -0.588. The Hall–Kier alpha value is -5.81. The summed E-state index contributed by atoms with van der Waals surface area (Å²) in [5.41, 5.74) is 1.62. The molecule has 1 radical (unpaired) electrons. The summed E-state index contributed by atoms with van der Waals surface area (Å²) in [4.78, 5) is 24.5. The van der Waals surface area contributed by atoms with Crippen molar-refractivity contribution in [1.29, 1.82) is 0 Å². The third kappa shape index (κ3) is 10.6. The first-order valence-corrected chi connectivity index (χ1v) is 14.9. The van der Waals surface area contributed by atoms with Crippen molar-refractivity contribution < 1.29 is 47.1 Å². The van der Waals surface area contributed by atoms with Crippen molar-refractivity contribution in [2.75, 3.05) is 36.0 Å². The largest absolute Gasteiger partial charge is 0.506 e. The van der Waals surface area contributed by atoms with Crippen LogP contribution in [-0.4, -0.2) is 56.5 Å². The molecule has 0 amide bonds. The van der Waals surface area contributed by atoms with Crippen LogP contribution < -0.4 is 9.80 Å². The Balaban J connectivity index is 0.000000333. The summed E-state index contributed by atoms with van der Waals surface area (Å²) in [7, 11) is 0. The van der Waals surface area contributed by atoms with E-state index >= 15 is 0 Å². The predicted molar refractivity (Wildman–Crippen MR) is 181 cm³/mol. The predicted octanol–water partition coefficient (Wildman–Crippen LogP) is 8.53. The molecule has 4 rings (SSSR count). The van der Waals surface area contributed by atoms with Crippen LogP contribution in [-0.2, 0) is 16.8 Å². The number of aromatic hydroxyl groups is 4. The van der Waals surface area contributed by atoms with E-state index in [1.807, 2.05) is 27.7 Å². The smallest absolute Gasteiger partial charge is 0.271 e. The Morgan fingerprint density at radius 1 is 0.510 bits per heavy atom. The van der Waals surface area contributed by atoms with Gasteiger partial charge in [0.2, 0.25) is 0 Å². The van der Waals surface area contributed by atoms with Gasteiger partial charge in [0.1, 0.15) is 45.7 Å². The van der Waals surface area contributed by atoms with Crippen molar-refractivity contribution in [3.63, 3.8) is 0 Å². The second-order valence-corrected chi connectivity index (χ2v) is 9.95. The van der Waals surface area contributed by atoms with E-state index in [4.69, 9.17) is 0 Å². The summed E-state index contributed by atoms with van der Waals surface area (Å²) in [5, 5.41) is 76.4. The summed E-state index contributed by atoms with van der Waals surface area (Å²) >= 11 is 0. The minimum absolute atomic E-state index is 0. The number of hydrogen-bond acceptors (Lipinski definition) is 14. The second kappa shape index (κ2) is 18.5. The zero-order valence-corrected chi connectivity index (χ0v) is 28.1. The number of anilines is 2. The van der Waals surface area contributed by atoms with E-state index in [2.05, 4.69) is 30.3 Å². The zero-order valence-electron chi connectivity index (χ0n) is 27.1. The van der Waals surface area contributed by atoms with Crippen molar-refractivity contribution in [1.82, 2.24) is 0 Å². The Morgan fingerprint density at radius 2 is 0.837 bits per heavy atom. The van der Waals surface area contributed by atoms with Crippen molar-refractivity contribution in [2.24, 2.45) is 20.5 Å². The number of non-ortho nitro benzene ring substituents is 2. The van der Waals surface area contributed by atoms with Gasteiger partial charge in [-0.15, -0.1) is 20.5 Å². The number of rotatable bonds is 12. The van der Waals surface area contributed by atoms with Gasteiger partial charge in [-0.05, 0) is 64.1 Å². The second-order valence-electron chi connectivity index (χ2n) is 9.95. The van der Waals surface area contributed by atoms with Crippen LogP contribution in [0, 0.1) is 20.2 Å². The topological polar surface area (TPSA) is 223 Å². The molecule has 0 aliphatic rings. The van der Waals surface area contributed by atoms with E-state index in [0.717, 1.165) is 49.7 Å². The maximum absolute atomic E-state index is 10.8. The molecular weight excluding hydrogens is 683 g/mol. The summed E-state index contributed by atoms with van der Waals surface area (Å²) in [6.07, 6.45) is 0. The number of hydrogen-bond donors (Lipinski definition) is 4. The number of phenols is 4. The van der Waals surface area contributed by atoms with Gasteiger partial charge in [0.25, 0.3) is 11.4 Å². The van der Waals surface area contributed by atoms with Gasteiger partial charge >= 0.3 is 0 Å². The van der Waals surface area contributed by atoms with E-state index in [1.54, 1.807) is 36.4 Å². The molecule has 0 bridgehead atoms. The van der Waals surface area contributed by atoms with Gasteiger partial charge in [0, 0.05) is 90.7 Å². The maximum Gasteiger partial charge on any atom is 0.271 e. The fourth-order valence-corrected chi connectivity index (χ4v) is 4.39. The quantitative estimate of drug-likeness (QED) is 0.0620. The van der Waals surface area contributed by atoms with E-state index in [9.17, 15) is 40.7 Å². The Kier molecular flexibility index (Phi) is 14.9. The standard InChI is InChI=1S/2C16H18N4O4.Co/c2*1-3-19(4-2)11-5-7-13(16(22)10-11)17-18-14-9-12(20(23)24)6-8-15(14)21;/h2*5-10,21-22H,3-4H2,1-2H3;. The van der Waals surface area contributed by atoms with E-state index in [1.165, 1.54) is 24.3 Å². The molecule has 0 heterocycles. The van der Waals surface area contributed by atoms with Crippen LogP contribution in [0.5, 0.6) is 23.0 Å². The van der Waals surface area contributed by atoms with Gasteiger partial charge in [0.15, 0.2) is 0 Å². The number of nitro groups is 2. The first kappa shape index (κ1) is 39.4. The summed E-state index contributed by atoms with van der Waals surface area (Å²) in [6.45, 7) is 11.3. The number of phenolic OH excluding ortho intramolecular Hbond substituents is 4. The van der Waals surface area contributed by atoms with Gasteiger partial charge < -0.3 is 30.2 Å². The summed E-state index contributed by atoms with van der Waals surface area (Å²) < 4.78 is 0. The van der Waals surface area contributed by atoms with Crippen LogP contribution in [0.4, 0.5) is 45.5 Å². The first-order chi connectivity index (χ1) is 22.9. The summed E-state index contributed by atoms with van der Waals surface area (Å²) in [6, 6.07) is 16.9. The number of nitro benzene ring substituents is 2. The molecule has 17 heteroatoms. The molecule has 16 nitrogen and oxygen atoms in total. The van der Waals surface area contributed by atoms with E-state index < -0.39 is 9.85 Å². The first-order valence-electron chi connectivity index (χ1n) is 14.9. The molecule has 261 valence electrons. The molecule has 4 aromatic carbocycles. The zero-order chi connectivity index (χ0) is 35.4. The normalized spacial score (nSPS) is 10.7. The fourth-order valence-electron chi connectivity index (χ4n) is 4.39. The minimum Gasteiger partial charge on any atom is -0.506 e. The molecule has 4 N–H and O–H groups in total. The van der Waals surface area contributed by atoms with E-state index in [0.29, 0.717) is 0 Å². The van der Waals surface area contributed by atoms with E-state index in [-0.39, 0.29) is 73.9 Å². The van der Waals surface area contributed by atoms with Gasteiger partial charge in [-0.1, -0.05) is 0 Å². The fraction of sp³-hybridized carbons (Fsp3) is 0.250.